The predicted molar refractivity (Wildman–Crippen MR) is 50.6 cm³/mol. The first-order valence-electron chi connectivity index (χ1n) is 4.06. The van der Waals surface area contributed by atoms with Gasteiger partial charge in [0.15, 0.2) is 0 Å². The zero-order valence-electron chi connectivity index (χ0n) is 9.03. The zero-order valence-corrected chi connectivity index (χ0v) is 9.03. The molecule has 1 nitrogen and oxygen atoms in total. The molecule has 2 aromatic carbocycles. The van der Waals surface area contributed by atoms with Gasteiger partial charge in [-0.05, 0) is 0 Å². The molecule has 0 aliphatic rings. The zero-order chi connectivity index (χ0) is 8.93. The number of benzene rings is 2. The molecular weight excluding hydrogens is 174 g/mol. The molecule has 15 heavy (non-hydrogen) atoms. The summed E-state index contributed by atoms with van der Waals surface area (Å²) in [6, 6.07) is 20.9. The SMILES string of the molecule is [Li+].[Li+].[c-]1ccccc1Oc1[c-]cccc1. The fourth-order valence-electron chi connectivity index (χ4n) is 0.999. The van der Waals surface area contributed by atoms with Crippen molar-refractivity contribution in [3.05, 3.63) is 60.7 Å². The Morgan fingerprint density at radius 3 is 1.53 bits per heavy atom. The molecule has 0 aliphatic carbocycles. The molecule has 0 saturated heterocycles. The normalized spacial score (nSPS) is 8.27. The van der Waals surface area contributed by atoms with E-state index in [1.54, 1.807) is 0 Å². The van der Waals surface area contributed by atoms with E-state index >= 15 is 0 Å². The molecule has 0 N–H and O–H groups in total. The van der Waals surface area contributed by atoms with Crippen molar-refractivity contribution in [2.24, 2.45) is 0 Å². The van der Waals surface area contributed by atoms with Crippen LogP contribution in [0.5, 0.6) is 11.5 Å². The van der Waals surface area contributed by atoms with Crippen molar-refractivity contribution in [3.8, 4) is 11.5 Å². The molecule has 0 atom stereocenters. The molecule has 0 radical (unpaired) electrons. The first-order valence-corrected chi connectivity index (χ1v) is 4.06. The van der Waals surface area contributed by atoms with E-state index in [-0.39, 0.29) is 37.7 Å². The van der Waals surface area contributed by atoms with Gasteiger partial charge in [0.2, 0.25) is 0 Å². The van der Waals surface area contributed by atoms with E-state index in [2.05, 4.69) is 12.1 Å². The second-order valence-corrected chi connectivity index (χ2v) is 2.56. The maximum absolute atomic E-state index is 5.47. The smallest absolute Gasteiger partial charge is 0.509 e. The standard InChI is InChI=1S/C12H8O.2Li/c1-3-7-11(8-4-1)13-12-9-5-2-6-10-12;;/h1-7,9H;;/q-2;2*+1. The van der Waals surface area contributed by atoms with Crippen molar-refractivity contribution in [3.63, 3.8) is 0 Å². The summed E-state index contributed by atoms with van der Waals surface area (Å²) >= 11 is 0. The molecule has 0 bridgehead atoms. The van der Waals surface area contributed by atoms with E-state index in [9.17, 15) is 0 Å². The van der Waals surface area contributed by atoms with Gasteiger partial charge in [-0.25, -0.2) is 0 Å². The van der Waals surface area contributed by atoms with Crippen LogP contribution in [-0.2, 0) is 0 Å². The number of hydrogen-bond donors (Lipinski definition) is 0. The maximum Gasteiger partial charge on any atom is 1.00 e. The van der Waals surface area contributed by atoms with Crippen LogP contribution in [0.2, 0.25) is 0 Å². The van der Waals surface area contributed by atoms with Gasteiger partial charge in [-0.2, -0.15) is 36.4 Å². The number of hydrogen-bond acceptors (Lipinski definition) is 1. The Labute approximate surface area is 114 Å². The van der Waals surface area contributed by atoms with Crippen LogP contribution in [0.15, 0.2) is 48.5 Å². The molecule has 0 amide bonds. The number of ether oxygens (including phenoxy) is 1. The van der Waals surface area contributed by atoms with E-state index in [0.717, 1.165) is 0 Å². The number of rotatable bonds is 2. The van der Waals surface area contributed by atoms with Gasteiger partial charge >= 0.3 is 37.7 Å². The summed E-state index contributed by atoms with van der Waals surface area (Å²) < 4.78 is 5.47. The van der Waals surface area contributed by atoms with E-state index in [4.69, 9.17) is 4.74 Å². The second-order valence-electron chi connectivity index (χ2n) is 2.56. The average Bonchev–Trinajstić information content (AvgIpc) is 2.21. The van der Waals surface area contributed by atoms with Gasteiger partial charge in [-0.1, -0.05) is 0 Å². The fourth-order valence-corrected chi connectivity index (χ4v) is 0.999. The van der Waals surface area contributed by atoms with Crippen molar-refractivity contribution < 1.29 is 42.5 Å². The third-order valence-electron chi connectivity index (χ3n) is 1.58. The summed E-state index contributed by atoms with van der Waals surface area (Å²) in [7, 11) is 0. The average molecular weight is 182 g/mol. The van der Waals surface area contributed by atoms with E-state index in [0.29, 0.717) is 11.5 Å². The van der Waals surface area contributed by atoms with Crippen LogP contribution in [-0.4, -0.2) is 0 Å². The topological polar surface area (TPSA) is 9.23 Å². The van der Waals surface area contributed by atoms with Crippen LogP contribution < -0.4 is 42.5 Å². The monoisotopic (exact) mass is 182 g/mol. The second kappa shape index (κ2) is 7.69. The number of para-hydroxylation sites is 2. The van der Waals surface area contributed by atoms with Crippen molar-refractivity contribution in [2.75, 3.05) is 0 Å². The Kier molecular flexibility index (Phi) is 7.40. The third-order valence-corrected chi connectivity index (χ3v) is 1.58. The van der Waals surface area contributed by atoms with Gasteiger partial charge in [0.25, 0.3) is 0 Å². The Morgan fingerprint density at radius 1 is 0.733 bits per heavy atom. The summed E-state index contributed by atoms with van der Waals surface area (Å²) in [6.45, 7) is 0. The van der Waals surface area contributed by atoms with E-state index in [1.165, 1.54) is 0 Å². The van der Waals surface area contributed by atoms with E-state index in [1.807, 2.05) is 48.5 Å². The van der Waals surface area contributed by atoms with Crippen LogP contribution in [0.1, 0.15) is 0 Å². The van der Waals surface area contributed by atoms with Crippen LogP contribution in [0, 0.1) is 12.1 Å². The summed E-state index contributed by atoms with van der Waals surface area (Å²) in [5.41, 5.74) is 0. The van der Waals surface area contributed by atoms with Gasteiger partial charge in [0.1, 0.15) is 0 Å². The van der Waals surface area contributed by atoms with Crippen LogP contribution >= 0.6 is 0 Å². The van der Waals surface area contributed by atoms with Gasteiger partial charge in [0.05, 0.1) is 0 Å². The molecule has 0 heterocycles. The Bertz CT molecular complexity index is 324. The van der Waals surface area contributed by atoms with Crippen molar-refractivity contribution in [2.45, 2.75) is 0 Å². The van der Waals surface area contributed by atoms with E-state index < -0.39 is 0 Å². The van der Waals surface area contributed by atoms with Gasteiger partial charge < -0.3 is 4.74 Å². The molecule has 2 aromatic rings. The minimum atomic E-state index is 0. The molecule has 0 aliphatic heterocycles. The maximum atomic E-state index is 5.47. The van der Waals surface area contributed by atoms with Crippen LogP contribution in [0.3, 0.4) is 0 Å². The van der Waals surface area contributed by atoms with Gasteiger partial charge in [-0.3, -0.25) is 0 Å². The Balaban J connectivity index is 0.000000980. The molecular formula is C12H8Li2O. The summed E-state index contributed by atoms with van der Waals surface area (Å²) in [5.74, 6) is 1.43. The molecule has 0 unspecified atom stereocenters. The summed E-state index contributed by atoms with van der Waals surface area (Å²) in [6.07, 6.45) is 0. The van der Waals surface area contributed by atoms with Crippen molar-refractivity contribution in [1.82, 2.24) is 0 Å². The van der Waals surface area contributed by atoms with Gasteiger partial charge in [-0.15, -0.1) is 24.3 Å². The minimum Gasteiger partial charge on any atom is -0.509 e. The third kappa shape index (κ3) is 4.65. The Hall–Kier alpha value is -0.565. The van der Waals surface area contributed by atoms with Crippen LogP contribution in [0.25, 0.3) is 0 Å². The quantitative estimate of drug-likeness (QED) is 0.357. The molecule has 0 saturated carbocycles. The molecule has 64 valence electrons. The Morgan fingerprint density at radius 2 is 1.20 bits per heavy atom. The molecule has 2 rings (SSSR count). The molecule has 3 heteroatoms. The minimum absolute atomic E-state index is 0. The molecule has 0 fully saturated rings. The van der Waals surface area contributed by atoms with Crippen molar-refractivity contribution in [1.29, 1.82) is 0 Å². The fraction of sp³-hybridized carbons (Fsp3) is 0. The molecule has 0 spiro atoms. The van der Waals surface area contributed by atoms with Gasteiger partial charge in [0, 0.05) is 11.5 Å². The summed E-state index contributed by atoms with van der Waals surface area (Å²) in [5, 5.41) is 0. The first-order chi connectivity index (χ1) is 6.45. The first kappa shape index (κ1) is 14.4. The predicted octanol–water partition coefficient (Wildman–Crippen LogP) is -2.91. The molecule has 0 aromatic heterocycles. The summed E-state index contributed by atoms with van der Waals surface area (Å²) in [4.78, 5) is 0. The van der Waals surface area contributed by atoms with Crippen LogP contribution in [0.4, 0.5) is 0 Å². The largest absolute Gasteiger partial charge is 1.00 e. The van der Waals surface area contributed by atoms with Crippen molar-refractivity contribution >= 4 is 0 Å².